The Kier molecular flexibility index (Phi) is 21.4. The molecule has 5 rings (SSSR count). The summed E-state index contributed by atoms with van der Waals surface area (Å²) in [6.07, 6.45) is 0.707. The molecule has 12 nitrogen and oxygen atoms in total. The first-order valence-electron chi connectivity index (χ1n) is 21.1. The molecule has 0 aromatic heterocycles. The van der Waals surface area contributed by atoms with Crippen LogP contribution in [0.25, 0.3) is 0 Å². The van der Waals surface area contributed by atoms with E-state index in [1.54, 1.807) is 38.1 Å². The third kappa shape index (κ3) is 18.1. The summed E-state index contributed by atoms with van der Waals surface area (Å²) in [5, 5.41) is 12.0. The van der Waals surface area contributed by atoms with Crippen LogP contribution in [0.15, 0.2) is 127 Å². The maximum atomic E-state index is 12.0. The number of amides is 1. The molecule has 0 saturated carbocycles. The molecule has 330 valence electrons. The van der Waals surface area contributed by atoms with Crippen LogP contribution in [0.1, 0.15) is 55.5 Å². The van der Waals surface area contributed by atoms with Crippen molar-refractivity contribution in [2.75, 3.05) is 39.6 Å². The fourth-order valence-electron chi connectivity index (χ4n) is 6.04. The van der Waals surface area contributed by atoms with Gasteiger partial charge in [0.05, 0.1) is 26.4 Å². The van der Waals surface area contributed by atoms with Crippen LogP contribution in [0.2, 0.25) is 0 Å². The molecule has 12 heteroatoms. The zero-order chi connectivity index (χ0) is 44.4. The third-order valence-electron chi connectivity index (χ3n) is 9.19. The number of benzene rings is 5. The van der Waals surface area contributed by atoms with E-state index in [9.17, 15) is 19.5 Å². The van der Waals surface area contributed by atoms with E-state index in [4.69, 9.17) is 33.2 Å². The first-order valence-corrected chi connectivity index (χ1v) is 21.1. The minimum atomic E-state index is -0.608. The summed E-state index contributed by atoms with van der Waals surface area (Å²) >= 11 is 0. The topological polar surface area (TPSA) is 148 Å². The van der Waals surface area contributed by atoms with Gasteiger partial charge in [-0.1, -0.05) is 78.9 Å². The van der Waals surface area contributed by atoms with Crippen LogP contribution < -0.4 is 19.5 Å². The second kappa shape index (κ2) is 27.5. The Hall–Kier alpha value is -6.37. The molecule has 0 fully saturated rings. The lowest BCUT2D eigenvalue weighted by Crippen LogP contribution is -2.28. The number of carbonyl (C=O) groups excluding carboxylic acids is 3. The third-order valence-corrected chi connectivity index (χ3v) is 9.19. The van der Waals surface area contributed by atoms with Crippen molar-refractivity contribution in [2.45, 2.75) is 72.1 Å². The van der Waals surface area contributed by atoms with E-state index in [-0.39, 0.29) is 17.7 Å². The number of hydrogen-bond acceptors (Lipinski definition) is 11. The molecule has 0 heterocycles. The predicted octanol–water partition coefficient (Wildman–Crippen LogP) is 8.63. The maximum absolute atomic E-state index is 12.0. The van der Waals surface area contributed by atoms with Gasteiger partial charge in [0.2, 0.25) is 0 Å². The quantitative estimate of drug-likeness (QED) is 0.0609. The molecule has 0 saturated heterocycles. The Balaban J connectivity index is 0.000000287. The van der Waals surface area contributed by atoms with Crippen molar-refractivity contribution in [3.05, 3.63) is 155 Å². The number of hydrogen-bond donors (Lipinski definition) is 2. The van der Waals surface area contributed by atoms with Crippen molar-refractivity contribution >= 4 is 18.0 Å². The lowest BCUT2D eigenvalue weighted by atomic mass is 10.1. The molecule has 2 N–H and O–H groups in total. The minimum Gasteiger partial charge on any atom is -0.508 e. The van der Waals surface area contributed by atoms with Crippen LogP contribution in [0.3, 0.4) is 0 Å². The van der Waals surface area contributed by atoms with Crippen LogP contribution in [-0.4, -0.2) is 75.0 Å². The Labute approximate surface area is 365 Å². The van der Waals surface area contributed by atoms with Gasteiger partial charge >= 0.3 is 18.0 Å². The SMILES string of the molecule is CCOC(=O)C(Cc1ccc(OCCc2ccc(O)cc2)cc1)OCC.CCOC(=O)C(Cc1ccc(OCCc2ccc(OC(=O)NCc3ccccc3)cc2)cc1)OCC. The number of esters is 2. The summed E-state index contributed by atoms with van der Waals surface area (Å²) < 4.78 is 38.1. The van der Waals surface area contributed by atoms with Crippen molar-refractivity contribution in [2.24, 2.45) is 0 Å². The molecule has 2 atom stereocenters. The Morgan fingerprint density at radius 1 is 0.500 bits per heavy atom. The monoisotopic (exact) mass is 849 g/mol. The molecule has 1 amide bonds. The van der Waals surface area contributed by atoms with Gasteiger partial charge in [-0.25, -0.2) is 14.4 Å². The first-order chi connectivity index (χ1) is 30.2. The Morgan fingerprint density at radius 2 is 0.919 bits per heavy atom. The lowest BCUT2D eigenvalue weighted by molar-refractivity contribution is -0.157. The summed E-state index contributed by atoms with van der Waals surface area (Å²) in [6.45, 7) is 10.3. The molecule has 5 aromatic carbocycles. The number of carbonyl (C=O) groups is 3. The predicted molar refractivity (Wildman–Crippen MR) is 237 cm³/mol. The normalized spacial score (nSPS) is 11.5. The van der Waals surface area contributed by atoms with Crippen molar-refractivity contribution in [3.8, 4) is 23.0 Å². The fraction of sp³-hybridized carbons (Fsp3) is 0.340. The van der Waals surface area contributed by atoms with Crippen LogP contribution in [0.4, 0.5) is 4.79 Å². The average molecular weight is 850 g/mol. The smallest absolute Gasteiger partial charge is 0.412 e. The van der Waals surface area contributed by atoms with Crippen LogP contribution in [0, 0.1) is 0 Å². The highest BCUT2D eigenvalue weighted by molar-refractivity contribution is 5.75. The highest BCUT2D eigenvalue weighted by Gasteiger charge is 2.21. The summed E-state index contributed by atoms with van der Waals surface area (Å²) in [5.41, 5.74) is 5.14. The maximum Gasteiger partial charge on any atom is 0.412 e. The zero-order valence-electron chi connectivity index (χ0n) is 36.1. The highest BCUT2D eigenvalue weighted by Crippen LogP contribution is 2.19. The van der Waals surface area contributed by atoms with Gasteiger partial charge in [-0.2, -0.15) is 0 Å². The van der Waals surface area contributed by atoms with Gasteiger partial charge in [-0.3, -0.25) is 0 Å². The highest BCUT2D eigenvalue weighted by atomic mass is 16.6. The largest absolute Gasteiger partial charge is 0.508 e. The van der Waals surface area contributed by atoms with Crippen LogP contribution in [0.5, 0.6) is 23.0 Å². The van der Waals surface area contributed by atoms with Crippen molar-refractivity contribution in [1.29, 1.82) is 0 Å². The number of aromatic hydroxyl groups is 1. The fourth-order valence-corrected chi connectivity index (χ4v) is 6.04. The zero-order valence-corrected chi connectivity index (χ0v) is 36.1. The number of rotatable bonds is 23. The molecule has 0 aliphatic carbocycles. The van der Waals surface area contributed by atoms with Gasteiger partial charge in [-0.05, 0) is 104 Å². The van der Waals surface area contributed by atoms with Crippen LogP contribution in [-0.2, 0) is 60.8 Å². The molecule has 62 heavy (non-hydrogen) atoms. The van der Waals surface area contributed by atoms with Gasteiger partial charge in [-0.15, -0.1) is 0 Å². The molecular formula is C50H59NO11. The summed E-state index contributed by atoms with van der Waals surface area (Å²) in [4.78, 5) is 35.9. The average Bonchev–Trinajstić information content (AvgIpc) is 3.28. The van der Waals surface area contributed by atoms with Crippen LogP contribution >= 0.6 is 0 Å². The Bertz CT molecular complexity index is 2020. The number of phenols is 1. The minimum absolute atomic E-state index is 0.262. The Morgan fingerprint density at radius 3 is 1.35 bits per heavy atom. The van der Waals surface area contributed by atoms with Gasteiger partial charge < -0.3 is 43.6 Å². The van der Waals surface area contributed by atoms with Gasteiger partial charge in [0.1, 0.15) is 23.0 Å². The molecule has 0 aliphatic heterocycles. The summed E-state index contributed by atoms with van der Waals surface area (Å²) in [6, 6.07) is 39.4. The lowest BCUT2D eigenvalue weighted by Gasteiger charge is -2.15. The molecule has 0 radical (unpaired) electrons. The first kappa shape index (κ1) is 48.3. The molecule has 0 spiro atoms. The molecule has 0 aliphatic rings. The van der Waals surface area contributed by atoms with Gasteiger partial charge in [0, 0.05) is 45.4 Å². The van der Waals surface area contributed by atoms with E-state index >= 15 is 0 Å². The van der Waals surface area contributed by atoms with E-state index < -0.39 is 18.3 Å². The van der Waals surface area contributed by atoms with Crippen molar-refractivity contribution in [3.63, 3.8) is 0 Å². The van der Waals surface area contributed by atoms with E-state index in [0.717, 1.165) is 45.7 Å². The van der Waals surface area contributed by atoms with E-state index in [1.807, 2.05) is 117 Å². The second-order valence-corrected chi connectivity index (χ2v) is 13.8. The van der Waals surface area contributed by atoms with Crippen molar-refractivity contribution < 1.29 is 52.6 Å². The van der Waals surface area contributed by atoms with E-state index in [0.29, 0.717) is 71.2 Å². The van der Waals surface area contributed by atoms with Gasteiger partial charge in [0.15, 0.2) is 12.2 Å². The van der Waals surface area contributed by atoms with E-state index in [1.165, 1.54) is 0 Å². The molecule has 2 unspecified atom stereocenters. The van der Waals surface area contributed by atoms with Crippen molar-refractivity contribution in [1.82, 2.24) is 5.32 Å². The summed E-state index contributed by atoms with van der Waals surface area (Å²) in [7, 11) is 0. The standard InChI is InChI=1S/C29H33NO6.C21H26O5/c1-3-33-27(28(31)34-4-2)20-23-12-14-25(15-13-23)35-19-18-22-10-16-26(17-11-22)36-29(32)30-21-24-8-6-5-7-9-24;1-3-24-20(21(23)25-4-2)15-17-7-11-19(12-8-17)26-14-13-16-5-9-18(22)10-6-16/h5-17,27H,3-4,18-21H2,1-2H3,(H,30,32);5-12,20,22H,3-4,13-15H2,1-2H3. The second-order valence-electron chi connectivity index (χ2n) is 13.8. The number of phenolic OH excluding ortho intramolecular Hbond substituents is 1. The van der Waals surface area contributed by atoms with Gasteiger partial charge in [0.25, 0.3) is 0 Å². The number of nitrogens with one attached hydrogen (secondary N) is 1. The molecule has 0 bridgehead atoms. The molecular weight excluding hydrogens is 791 g/mol. The van der Waals surface area contributed by atoms with E-state index in [2.05, 4.69) is 5.32 Å². The summed E-state index contributed by atoms with van der Waals surface area (Å²) in [5.74, 6) is 1.59. The number of ether oxygens (including phenoxy) is 7. The molecule has 5 aromatic rings.